The summed E-state index contributed by atoms with van der Waals surface area (Å²) in [5.74, 6) is 0. The van der Waals surface area contributed by atoms with Gasteiger partial charge in [-0.05, 0) is 43.5 Å². The Bertz CT molecular complexity index is 264. The van der Waals surface area contributed by atoms with Crippen LogP contribution in [0.2, 0.25) is 10.0 Å². The van der Waals surface area contributed by atoms with Gasteiger partial charge >= 0.3 is 0 Å². The van der Waals surface area contributed by atoms with E-state index in [1.54, 1.807) is 13.0 Å². The molecule has 1 N–H and O–H groups in total. The van der Waals surface area contributed by atoms with Crippen molar-refractivity contribution in [3.8, 4) is 0 Å². The van der Waals surface area contributed by atoms with Crippen LogP contribution in [0.3, 0.4) is 0 Å². The quantitative estimate of drug-likeness (QED) is 0.826. The highest BCUT2D eigenvalue weighted by molar-refractivity contribution is 6.34. The molecule has 0 aliphatic carbocycles. The summed E-state index contributed by atoms with van der Waals surface area (Å²) in [6.07, 6.45) is 1.26. The summed E-state index contributed by atoms with van der Waals surface area (Å²) in [4.78, 5) is 0. The maximum Gasteiger partial charge on any atom is 0.0515 e. The Morgan fingerprint density at radius 1 is 1.23 bits per heavy atom. The number of aliphatic hydroxyl groups excluding tert-OH is 1. The van der Waals surface area contributed by atoms with Crippen LogP contribution in [0.5, 0.6) is 0 Å². The fourth-order valence-corrected chi connectivity index (χ4v) is 1.70. The summed E-state index contributed by atoms with van der Waals surface area (Å²) < 4.78 is 0. The van der Waals surface area contributed by atoms with Crippen LogP contribution < -0.4 is 0 Å². The monoisotopic (exact) mass is 218 g/mol. The molecule has 72 valence electrons. The molecule has 0 bridgehead atoms. The molecule has 0 heterocycles. The lowest BCUT2D eigenvalue weighted by atomic mass is 10.1. The molecule has 1 atom stereocenters. The van der Waals surface area contributed by atoms with Gasteiger partial charge in [-0.1, -0.05) is 23.2 Å². The van der Waals surface area contributed by atoms with E-state index in [1.165, 1.54) is 0 Å². The number of halogens is 2. The van der Waals surface area contributed by atoms with Gasteiger partial charge in [0.05, 0.1) is 6.10 Å². The molecule has 1 rings (SSSR count). The van der Waals surface area contributed by atoms with Crippen molar-refractivity contribution in [2.75, 3.05) is 0 Å². The summed E-state index contributed by atoms with van der Waals surface area (Å²) in [6.45, 7) is 1.77. The number of benzene rings is 1. The largest absolute Gasteiger partial charge is 0.393 e. The molecule has 1 nitrogen and oxygen atoms in total. The molecular formula is C10H12Cl2O. The predicted molar refractivity (Wildman–Crippen MR) is 56.5 cm³/mol. The van der Waals surface area contributed by atoms with E-state index < -0.39 is 0 Å². The second-order valence-corrected chi connectivity index (χ2v) is 4.04. The van der Waals surface area contributed by atoms with Crippen LogP contribution in [0.15, 0.2) is 18.2 Å². The molecule has 0 unspecified atom stereocenters. The molecule has 1 aromatic rings. The molecule has 13 heavy (non-hydrogen) atoms. The first-order chi connectivity index (χ1) is 6.08. The summed E-state index contributed by atoms with van der Waals surface area (Å²) in [5.41, 5.74) is 1.07. The highest BCUT2D eigenvalue weighted by Gasteiger charge is 2.00. The lowest BCUT2D eigenvalue weighted by Gasteiger charge is -2.05. The van der Waals surface area contributed by atoms with E-state index in [0.717, 1.165) is 18.4 Å². The zero-order valence-corrected chi connectivity index (χ0v) is 8.94. The molecule has 0 aliphatic heterocycles. The summed E-state index contributed by atoms with van der Waals surface area (Å²) >= 11 is 11.6. The Labute approximate surface area is 88.3 Å². The average Bonchev–Trinajstić information content (AvgIpc) is 1.99. The summed E-state index contributed by atoms with van der Waals surface area (Å²) in [5, 5.41) is 10.4. The van der Waals surface area contributed by atoms with Crippen LogP contribution >= 0.6 is 23.2 Å². The Morgan fingerprint density at radius 2 is 1.77 bits per heavy atom. The van der Waals surface area contributed by atoms with E-state index in [2.05, 4.69) is 0 Å². The van der Waals surface area contributed by atoms with Gasteiger partial charge in [0.2, 0.25) is 0 Å². The zero-order valence-electron chi connectivity index (χ0n) is 7.43. The Kier molecular flexibility index (Phi) is 4.04. The van der Waals surface area contributed by atoms with Crippen molar-refractivity contribution < 1.29 is 5.11 Å². The lowest BCUT2D eigenvalue weighted by molar-refractivity contribution is 0.185. The van der Waals surface area contributed by atoms with Gasteiger partial charge in [-0.3, -0.25) is 0 Å². The lowest BCUT2D eigenvalue weighted by Crippen LogP contribution is -2.01. The summed E-state index contributed by atoms with van der Waals surface area (Å²) in [7, 11) is 0. The number of aliphatic hydroxyl groups is 1. The standard InChI is InChI=1S/C10H12Cl2O/c1-7(13)2-3-8-4-9(11)6-10(12)5-8/h4-7,13H,2-3H2,1H3/t7-/m1/s1. The predicted octanol–water partition coefficient (Wildman–Crippen LogP) is 3.31. The maximum atomic E-state index is 9.09. The maximum absolute atomic E-state index is 9.09. The molecular weight excluding hydrogens is 207 g/mol. The number of rotatable bonds is 3. The highest BCUT2D eigenvalue weighted by Crippen LogP contribution is 2.20. The van der Waals surface area contributed by atoms with Crippen LogP contribution in [0.25, 0.3) is 0 Å². The fraction of sp³-hybridized carbons (Fsp3) is 0.400. The molecule has 0 aromatic heterocycles. The third-order valence-corrected chi connectivity index (χ3v) is 2.21. The van der Waals surface area contributed by atoms with Crippen molar-refractivity contribution in [2.45, 2.75) is 25.9 Å². The van der Waals surface area contributed by atoms with Crippen molar-refractivity contribution in [2.24, 2.45) is 0 Å². The average molecular weight is 219 g/mol. The van der Waals surface area contributed by atoms with Crippen LogP contribution in [0.4, 0.5) is 0 Å². The third-order valence-electron chi connectivity index (χ3n) is 1.77. The van der Waals surface area contributed by atoms with Crippen LogP contribution in [-0.4, -0.2) is 11.2 Å². The highest BCUT2D eigenvalue weighted by atomic mass is 35.5. The molecule has 1 aromatic carbocycles. The van der Waals surface area contributed by atoms with E-state index in [4.69, 9.17) is 28.3 Å². The van der Waals surface area contributed by atoms with E-state index >= 15 is 0 Å². The molecule has 0 aliphatic rings. The fourth-order valence-electron chi connectivity index (χ4n) is 1.13. The van der Waals surface area contributed by atoms with Gasteiger partial charge in [0.15, 0.2) is 0 Å². The first kappa shape index (κ1) is 10.8. The topological polar surface area (TPSA) is 20.2 Å². The number of hydrogen-bond donors (Lipinski definition) is 1. The minimum atomic E-state index is -0.280. The number of hydrogen-bond acceptors (Lipinski definition) is 1. The van der Waals surface area contributed by atoms with Crippen molar-refractivity contribution in [3.05, 3.63) is 33.8 Å². The van der Waals surface area contributed by atoms with Crippen molar-refractivity contribution in [3.63, 3.8) is 0 Å². The first-order valence-corrected chi connectivity index (χ1v) is 4.96. The molecule has 0 saturated heterocycles. The Balaban J connectivity index is 2.66. The molecule has 0 amide bonds. The van der Waals surface area contributed by atoms with Gasteiger partial charge in [-0.15, -0.1) is 0 Å². The number of aryl methyl sites for hydroxylation is 1. The van der Waals surface area contributed by atoms with Gasteiger partial charge in [0.25, 0.3) is 0 Å². The second-order valence-electron chi connectivity index (χ2n) is 3.17. The van der Waals surface area contributed by atoms with E-state index in [0.29, 0.717) is 10.0 Å². The van der Waals surface area contributed by atoms with Crippen molar-refractivity contribution >= 4 is 23.2 Å². The van der Waals surface area contributed by atoms with Gasteiger partial charge in [-0.2, -0.15) is 0 Å². The van der Waals surface area contributed by atoms with Gasteiger partial charge < -0.3 is 5.11 Å². The molecule has 0 saturated carbocycles. The Hall–Kier alpha value is -0.240. The minimum absolute atomic E-state index is 0.280. The second kappa shape index (κ2) is 4.85. The van der Waals surface area contributed by atoms with Crippen LogP contribution in [-0.2, 0) is 6.42 Å². The van der Waals surface area contributed by atoms with Crippen LogP contribution in [0, 0.1) is 0 Å². The minimum Gasteiger partial charge on any atom is -0.393 e. The van der Waals surface area contributed by atoms with Gasteiger partial charge in [0.1, 0.15) is 0 Å². The first-order valence-electron chi connectivity index (χ1n) is 4.21. The molecule has 0 fully saturated rings. The van der Waals surface area contributed by atoms with Gasteiger partial charge in [0, 0.05) is 10.0 Å². The molecule has 3 heteroatoms. The third kappa shape index (κ3) is 3.99. The molecule has 0 spiro atoms. The van der Waals surface area contributed by atoms with Crippen molar-refractivity contribution in [1.29, 1.82) is 0 Å². The summed E-state index contributed by atoms with van der Waals surface area (Å²) in [6, 6.07) is 5.45. The SMILES string of the molecule is C[C@@H](O)CCc1cc(Cl)cc(Cl)c1. The Morgan fingerprint density at radius 3 is 2.23 bits per heavy atom. The smallest absolute Gasteiger partial charge is 0.0515 e. The normalized spacial score (nSPS) is 12.9. The molecule has 0 radical (unpaired) electrons. The van der Waals surface area contributed by atoms with E-state index in [-0.39, 0.29) is 6.10 Å². The van der Waals surface area contributed by atoms with E-state index in [9.17, 15) is 0 Å². The van der Waals surface area contributed by atoms with E-state index in [1.807, 2.05) is 12.1 Å². The zero-order chi connectivity index (χ0) is 9.84. The van der Waals surface area contributed by atoms with Gasteiger partial charge in [-0.25, -0.2) is 0 Å². The van der Waals surface area contributed by atoms with Crippen molar-refractivity contribution in [1.82, 2.24) is 0 Å². The van der Waals surface area contributed by atoms with Crippen LogP contribution in [0.1, 0.15) is 18.9 Å².